The van der Waals surface area contributed by atoms with Crippen molar-refractivity contribution in [2.75, 3.05) is 33.4 Å². The second-order valence-electron chi connectivity index (χ2n) is 5.66. The quantitative estimate of drug-likeness (QED) is 0.473. The Morgan fingerprint density at radius 3 is 2.79 bits per heavy atom. The molecule has 1 atom stereocenters. The van der Waals surface area contributed by atoms with Crippen LogP contribution in [0.25, 0.3) is 0 Å². The third-order valence-corrected chi connectivity index (χ3v) is 3.76. The minimum atomic E-state index is -0.481. The zero-order valence-corrected chi connectivity index (χ0v) is 14.1. The maximum absolute atomic E-state index is 10.7. The van der Waals surface area contributed by atoms with E-state index in [1.165, 1.54) is 5.56 Å². The number of hydrogen-bond acceptors (Lipinski definition) is 4. The van der Waals surface area contributed by atoms with E-state index in [0.29, 0.717) is 5.75 Å². The van der Waals surface area contributed by atoms with Crippen molar-refractivity contribution in [3.05, 3.63) is 29.8 Å². The van der Waals surface area contributed by atoms with Crippen molar-refractivity contribution in [1.29, 1.82) is 0 Å². The third-order valence-electron chi connectivity index (χ3n) is 3.76. The van der Waals surface area contributed by atoms with E-state index < -0.39 is 5.91 Å². The number of primary amides is 1. The molecule has 132 valence electrons. The molecule has 0 spiro atoms. The summed E-state index contributed by atoms with van der Waals surface area (Å²) in [7, 11) is 1.76. The fourth-order valence-electron chi connectivity index (χ4n) is 2.47. The lowest BCUT2D eigenvalue weighted by atomic mass is 10.1. The number of carbonyl (C=O) groups excluding carboxylic acids is 1. The van der Waals surface area contributed by atoms with Crippen LogP contribution in [-0.2, 0) is 16.0 Å². The number of nitrogens with two attached hydrogens (primary N) is 1. The molecule has 7 heteroatoms. The molecule has 1 unspecified atom stereocenters. The van der Waals surface area contributed by atoms with Gasteiger partial charge in [-0.1, -0.05) is 12.1 Å². The highest BCUT2D eigenvalue weighted by Gasteiger charge is 2.15. The van der Waals surface area contributed by atoms with Gasteiger partial charge < -0.3 is 25.8 Å². The summed E-state index contributed by atoms with van der Waals surface area (Å²) in [6.07, 6.45) is 3.39. The molecule has 4 N–H and O–H groups in total. The number of ether oxygens (including phenoxy) is 2. The largest absolute Gasteiger partial charge is 0.484 e. The number of guanidine groups is 1. The highest BCUT2D eigenvalue weighted by molar-refractivity contribution is 5.79. The van der Waals surface area contributed by atoms with Gasteiger partial charge in [0.05, 0.1) is 6.10 Å². The van der Waals surface area contributed by atoms with E-state index >= 15 is 0 Å². The fourth-order valence-corrected chi connectivity index (χ4v) is 2.47. The van der Waals surface area contributed by atoms with Gasteiger partial charge in [-0.3, -0.25) is 9.79 Å². The van der Waals surface area contributed by atoms with E-state index in [1.807, 2.05) is 24.3 Å². The number of benzene rings is 1. The monoisotopic (exact) mass is 334 g/mol. The molecule has 1 saturated heterocycles. The molecule has 0 aromatic heterocycles. The first-order valence-electron chi connectivity index (χ1n) is 8.23. The first kappa shape index (κ1) is 18.1. The van der Waals surface area contributed by atoms with E-state index in [9.17, 15) is 4.79 Å². The van der Waals surface area contributed by atoms with Crippen LogP contribution in [0.5, 0.6) is 5.75 Å². The van der Waals surface area contributed by atoms with Crippen molar-refractivity contribution in [3.63, 3.8) is 0 Å². The minimum absolute atomic E-state index is 0.104. The molecule has 0 saturated carbocycles. The average molecular weight is 334 g/mol. The Morgan fingerprint density at radius 1 is 1.38 bits per heavy atom. The Morgan fingerprint density at radius 2 is 2.17 bits per heavy atom. The molecule has 1 aromatic rings. The first-order chi connectivity index (χ1) is 11.7. The minimum Gasteiger partial charge on any atom is -0.484 e. The summed E-state index contributed by atoms with van der Waals surface area (Å²) in [5.41, 5.74) is 6.21. The summed E-state index contributed by atoms with van der Waals surface area (Å²) in [5.74, 6) is 0.941. The molecule has 1 aliphatic heterocycles. The number of nitrogens with zero attached hydrogens (tertiary/aromatic N) is 1. The molecule has 1 amide bonds. The van der Waals surface area contributed by atoms with Crippen LogP contribution in [0, 0.1) is 0 Å². The molecule has 1 heterocycles. The summed E-state index contributed by atoms with van der Waals surface area (Å²) in [6.45, 7) is 2.31. The van der Waals surface area contributed by atoms with Gasteiger partial charge in [0.2, 0.25) is 0 Å². The molecule has 7 nitrogen and oxygen atoms in total. The van der Waals surface area contributed by atoms with E-state index in [4.69, 9.17) is 15.2 Å². The lowest BCUT2D eigenvalue weighted by Crippen LogP contribution is -2.41. The molecular formula is C17H26N4O3. The van der Waals surface area contributed by atoms with Crippen molar-refractivity contribution in [2.24, 2.45) is 10.7 Å². The summed E-state index contributed by atoms with van der Waals surface area (Å²) in [4.78, 5) is 14.9. The summed E-state index contributed by atoms with van der Waals surface area (Å²) < 4.78 is 10.8. The molecule has 0 bridgehead atoms. The molecular weight excluding hydrogens is 308 g/mol. The number of carbonyl (C=O) groups is 1. The number of amides is 1. The molecule has 1 aliphatic rings. The number of hydrogen-bond donors (Lipinski definition) is 3. The van der Waals surface area contributed by atoms with E-state index in [0.717, 1.165) is 44.9 Å². The topological polar surface area (TPSA) is 98.0 Å². The zero-order chi connectivity index (χ0) is 17.2. The van der Waals surface area contributed by atoms with Crippen LogP contribution >= 0.6 is 0 Å². The fraction of sp³-hybridized carbons (Fsp3) is 0.529. The summed E-state index contributed by atoms with van der Waals surface area (Å²) >= 11 is 0. The number of nitrogens with one attached hydrogen (secondary N) is 2. The van der Waals surface area contributed by atoms with E-state index in [-0.39, 0.29) is 12.7 Å². The van der Waals surface area contributed by atoms with Gasteiger partial charge in [0.25, 0.3) is 5.91 Å². The Labute approximate surface area is 142 Å². The molecule has 1 aromatic carbocycles. The maximum atomic E-state index is 10.7. The van der Waals surface area contributed by atoms with Gasteiger partial charge in [-0.25, -0.2) is 0 Å². The summed E-state index contributed by atoms with van der Waals surface area (Å²) in [5, 5.41) is 6.57. The Bertz CT molecular complexity index is 539. The van der Waals surface area contributed by atoms with Gasteiger partial charge in [-0.2, -0.15) is 0 Å². The van der Waals surface area contributed by atoms with E-state index in [1.54, 1.807) is 7.05 Å². The number of rotatable bonds is 8. The van der Waals surface area contributed by atoms with Gasteiger partial charge in [0.15, 0.2) is 12.6 Å². The maximum Gasteiger partial charge on any atom is 0.255 e. The van der Waals surface area contributed by atoms with E-state index in [2.05, 4.69) is 15.6 Å². The highest BCUT2D eigenvalue weighted by Crippen LogP contribution is 2.12. The van der Waals surface area contributed by atoms with Gasteiger partial charge >= 0.3 is 0 Å². The van der Waals surface area contributed by atoms with Crippen LogP contribution in [0.2, 0.25) is 0 Å². The van der Waals surface area contributed by atoms with Gasteiger partial charge in [-0.15, -0.1) is 0 Å². The van der Waals surface area contributed by atoms with Gasteiger partial charge in [-0.05, 0) is 37.0 Å². The second kappa shape index (κ2) is 9.77. The van der Waals surface area contributed by atoms with Crippen molar-refractivity contribution in [2.45, 2.75) is 25.4 Å². The highest BCUT2D eigenvalue weighted by atomic mass is 16.5. The second-order valence-corrected chi connectivity index (χ2v) is 5.66. The Hall–Kier alpha value is -2.28. The predicted octanol–water partition coefficient (Wildman–Crippen LogP) is 0.437. The molecule has 1 fully saturated rings. The van der Waals surface area contributed by atoms with Crippen LogP contribution in [0.3, 0.4) is 0 Å². The van der Waals surface area contributed by atoms with Crippen LogP contribution in [-0.4, -0.2) is 51.3 Å². The molecule has 24 heavy (non-hydrogen) atoms. The van der Waals surface area contributed by atoms with Crippen LogP contribution in [0.1, 0.15) is 18.4 Å². The van der Waals surface area contributed by atoms with Crippen LogP contribution in [0.4, 0.5) is 0 Å². The number of aliphatic imine (C=N–C) groups is 1. The van der Waals surface area contributed by atoms with Gasteiger partial charge in [0, 0.05) is 26.7 Å². The smallest absolute Gasteiger partial charge is 0.255 e. The Balaban J connectivity index is 1.67. The molecule has 0 aliphatic carbocycles. The normalized spacial score (nSPS) is 17.5. The third kappa shape index (κ3) is 6.45. The van der Waals surface area contributed by atoms with Crippen molar-refractivity contribution in [3.8, 4) is 5.75 Å². The zero-order valence-electron chi connectivity index (χ0n) is 14.1. The van der Waals surface area contributed by atoms with Crippen molar-refractivity contribution >= 4 is 11.9 Å². The average Bonchev–Trinajstić information content (AvgIpc) is 3.10. The SMILES string of the molecule is CN=C(NCCc1ccc(OCC(N)=O)cc1)NCC1CCCO1. The van der Waals surface area contributed by atoms with Crippen LogP contribution < -0.4 is 21.1 Å². The standard InChI is InChI=1S/C17H26N4O3/c1-19-17(21-11-15-3-2-10-23-15)20-9-8-13-4-6-14(7-5-13)24-12-16(18)22/h4-7,15H,2-3,8-12H2,1H3,(H2,18,22)(H2,19,20,21). The summed E-state index contributed by atoms with van der Waals surface area (Å²) in [6, 6.07) is 7.62. The van der Waals surface area contributed by atoms with Crippen LogP contribution in [0.15, 0.2) is 29.3 Å². The van der Waals surface area contributed by atoms with Crippen molar-refractivity contribution < 1.29 is 14.3 Å². The van der Waals surface area contributed by atoms with Crippen molar-refractivity contribution in [1.82, 2.24) is 10.6 Å². The predicted molar refractivity (Wildman–Crippen MR) is 93.2 cm³/mol. The lowest BCUT2D eigenvalue weighted by molar-refractivity contribution is -0.119. The lowest BCUT2D eigenvalue weighted by Gasteiger charge is -2.15. The Kier molecular flexibility index (Phi) is 7.35. The molecule has 0 radical (unpaired) electrons. The molecule has 2 rings (SSSR count). The van der Waals surface area contributed by atoms with Gasteiger partial charge in [0.1, 0.15) is 5.75 Å². The first-order valence-corrected chi connectivity index (χ1v) is 8.23.